The molecule has 1 saturated heterocycles. The van der Waals surface area contributed by atoms with Gasteiger partial charge in [-0.05, 0) is 31.5 Å². The van der Waals surface area contributed by atoms with E-state index in [9.17, 15) is 9.59 Å². The number of aliphatic carboxylic acids is 1. The lowest BCUT2D eigenvalue weighted by atomic mass is 10.0. The number of amides is 1. The molecule has 1 aliphatic rings. The van der Waals surface area contributed by atoms with E-state index in [1.165, 1.54) is 0 Å². The van der Waals surface area contributed by atoms with Gasteiger partial charge < -0.3 is 10.0 Å². The summed E-state index contributed by atoms with van der Waals surface area (Å²) in [5, 5.41) is 9.09. The lowest BCUT2D eigenvalue weighted by Crippen LogP contribution is -2.59. The Morgan fingerprint density at radius 2 is 2.14 bits per heavy atom. The Labute approximate surface area is 139 Å². The SMILES string of the molecule is CC(C)N1CCN(Cc2cccc(Br)c2)C(=O)C1CC(=O)O. The molecule has 1 unspecified atom stereocenters. The smallest absolute Gasteiger partial charge is 0.305 e. The number of carbonyl (C=O) groups excluding carboxylic acids is 1. The van der Waals surface area contributed by atoms with Crippen LogP contribution < -0.4 is 0 Å². The van der Waals surface area contributed by atoms with Gasteiger partial charge in [0, 0.05) is 30.1 Å². The van der Waals surface area contributed by atoms with Crippen LogP contribution in [0.4, 0.5) is 0 Å². The molecule has 1 heterocycles. The Hall–Kier alpha value is -1.40. The number of nitrogens with zero attached hydrogens (tertiary/aromatic N) is 2. The van der Waals surface area contributed by atoms with E-state index in [0.717, 1.165) is 10.0 Å². The predicted molar refractivity (Wildman–Crippen MR) is 87.4 cm³/mol. The molecule has 2 rings (SSSR count). The number of carboxylic acid groups (broad SMARTS) is 1. The number of carbonyl (C=O) groups is 2. The molecule has 22 heavy (non-hydrogen) atoms. The fourth-order valence-electron chi connectivity index (χ4n) is 2.86. The summed E-state index contributed by atoms with van der Waals surface area (Å²) in [6, 6.07) is 7.41. The van der Waals surface area contributed by atoms with Crippen molar-refractivity contribution in [1.82, 2.24) is 9.80 Å². The minimum Gasteiger partial charge on any atom is -0.481 e. The third kappa shape index (κ3) is 4.08. The molecule has 0 aromatic heterocycles. The monoisotopic (exact) mass is 368 g/mol. The van der Waals surface area contributed by atoms with Gasteiger partial charge in [-0.25, -0.2) is 0 Å². The van der Waals surface area contributed by atoms with Crippen LogP contribution in [0, 0.1) is 0 Å². The first-order valence-electron chi connectivity index (χ1n) is 7.39. The van der Waals surface area contributed by atoms with E-state index in [1.807, 2.05) is 43.0 Å². The van der Waals surface area contributed by atoms with Gasteiger partial charge in [-0.2, -0.15) is 0 Å². The second-order valence-corrected chi connectivity index (χ2v) is 6.75. The van der Waals surface area contributed by atoms with E-state index < -0.39 is 12.0 Å². The van der Waals surface area contributed by atoms with E-state index in [2.05, 4.69) is 15.9 Å². The lowest BCUT2D eigenvalue weighted by molar-refractivity contribution is -0.150. The van der Waals surface area contributed by atoms with Crippen molar-refractivity contribution >= 4 is 27.8 Å². The highest BCUT2D eigenvalue weighted by Crippen LogP contribution is 2.20. The first-order valence-corrected chi connectivity index (χ1v) is 8.18. The van der Waals surface area contributed by atoms with E-state index in [4.69, 9.17) is 5.11 Å². The molecule has 0 saturated carbocycles. The second kappa shape index (κ2) is 7.24. The maximum atomic E-state index is 12.7. The molecule has 1 aromatic carbocycles. The van der Waals surface area contributed by atoms with Gasteiger partial charge in [-0.1, -0.05) is 28.1 Å². The van der Waals surface area contributed by atoms with Gasteiger partial charge >= 0.3 is 5.97 Å². The lowest BCUT2D eigenvalue weighted by Gasteiger charge is -2.42. The molecule has 5 nitrogen and oxygen atoms in total. The van der Waals surface area contributed by atoms with Crippen molar-refractivity contribution < 1.29 is 14.7 Å². The molecule has 120 valence electrons. The summed E-state index contributed by atoms with van der Waals surface area (Å²) in [4.78, 5) is 27.5. The Morgan fingerprint density at radius 1 is 1.41 bits per heavy atom. The Bertz CT molecular complexity index is 562. The maximum Gasteiger partial charge on any atom is 0.305 e. The molecule has 0 aliphatic carbocycles. The molecule has 1 fully saturated rings. The average molecular weight is 369 g/mol. The highest BCUT2D eigenvalue weighted by Gasteiger charge is 2.37. The fourth-order valence-corrected chi connectivity index (χ4v) is 3.30. The fraction of sp³-hybridized carbons (Fsp3) is 0.500. The summed E-state index contributed by atoms with van der Waals surface area (Å²) in [5.74, 6) is -1.03. The zero-order valence-electron chi connectivity index (χ0n) is 12.8. The van der Waals surface area contributed by atoms with Gasteiger partial charge in [-0.15, -0.1) is 0 Å². The van der Waals surface area contributed by atoms with Crippen LogP contribution in [0.5, 0.6) is 0 Å². The van der Waals surface area contributed by atoms with E-state index >= 15 is 0 Å². The third-order valence-corrected chi connectivity index (χ3v) is 4.41. The summed E-state index contributed by atoms with van der Waals surface area (Å²) in [5.41, 5.74) is 1.04. The summed E-state index contributed by atoms with van der Waals surface area (Å²) in [6.07, 6.45) is -0.147. The molecule has 1 atom stereocenters. The second-order valence-electron chi connectivity index (χ2n) is 5.83. The minimum atomic E-state index is -0.937. The highest BCUT2D eigenvalue weighted by molar-refractivity contribution is 9.10. The number of benzene rings is 1. The van der Waals surface area contributed by atoms with Crippen molar-refractivity contribution in [1.29, 1.82) is 0 Å². The molecule has 1 aliphatic heterocycles. The first-order chi connectivity index (χ1) is 10.4. The summed E-state index contributed by atoms with van der Waals surface area (Å²) < 4.78 is 0.973. The van der Waals surface area contributed by atoms with Crippen LogP contribution in [0.3, 0.4) is 0 Å². The maximum absolute atomic E-state index is 12.7. The number of rotatable bonds is 5. The molecule has 1 amide bonds. The zero-order chi connectivity index (χ0) is 16.3. The third-order valence-electron chi connectivity index (χ3n) is 3.92. The number of hydrogen-bond acceptors (Lipinski definition) is 3. The van der Waals surface area contributed by atoms with Crippen LogP contribution in [-0.4, -0.2) is 52.0 Å². The minimum absolute atomic E-state index is 0.0951. The topological polar surface area (TPSA) is 60.9 Å². The van der Waals surface area contributed by atoms with E-state index in [1.54, 1.807) is 4.90 Å². The van der Waals surface area contributed by atoms with Crippen LogP contribution in [0.15, 0.2) is 28.7 Å². The highest BCUT2D eigenvalue weighted by atomic mass is 79.9. The van der Waals surface area contributed by atoms with Crippen molar-refractivity contribution in [3.8, 4) is 0 Å². The van der Waals surface area contributed by atoms with Gasteiger partial charge in [0.25, 0.3) is 0 Å². The van der Waals surface area contributed by atoms with Gasteiger partial charge in [0.05, 0.1) is 6.42 Å². The van der Waals surface area contributed by atoms with Crippen LogP contribution in [0.2, 0.25) is 0 Å². The Balaban J connectivity index is 2.14. The van der Waals surface area contributed by atoms with Crippen molar-refractivity contribution in [2.24, 2.45) is 0 Å². The van der Waals surface area contributed by atoms with Gasteiger partial charge in [0.2, 0.25) is 5.91 Å². The normalized spacial score (nSPS) is 19.7. The Morgan fingerprint density at radius 3 is 2.73 bits per heavy atom. The molecule has 0 bridgehead atoms. The summed E-state index contributed by atoms with van der Waals surface area (Å²) in [6.45, 7) is 5.83. The molecule has 0 spiro atoms. The molecule has 0 radical (unpaired) electrons. The Kier molecular flexibility index (Phi) is 5.58. The molecular formula is C16H21BrN2O3. The van der Waals surface area contributed by atoms with Crippen molar-refractivity contribution in [2.75, 3.05) is 13.1 Å². The zero-order valence-corrected chi connectivity index (χ0v) is 14.4. The predicted octanol–water partition coefficient (Wildman–Crippen LogP) is 2.35. The van der Waals surface area contributed by atoms with Crippen LogP contribution >= 0.6 is 15.9 Å². The number of piperazine rings is 1. The number of carboxylic acids is 1. The van der Waals surface area contributed by atoms with Crippen LogP contribution in [-0.2, 0) is 16.1 Å². The van der Waals surface area contributed by atoms with Crippen LogP contribution in [0.25, 0.3) is 0 Å². The van der Waals surface area contributed by atoms with Gasteiger partial charge in [0.1, 0.15) is 6.04 Å². The summed E-state index contributed by atoms with van der Waals surface area (Å²) >= 11 is 3.43. The standard InChI is InChI=1S/C16H21BrN2O3/c1-11(2)19-7-6-18(16(22)14(19)9-15(20)21)10-12-4-3-5-13(17)8-12/h3-5,8,11,14H,6-7,9-10H2,1-2H3,(H,20,21). The molecule has 6 heteroatoms. The average Bonchev–Trinajstić information content (AvgIpc) is 2.42. The van der Waals surface area contributed by atoms with E-state index in [0.29, 0.717) is 19.6 Å². The van der Waals surface area contributed by atoms with Crippen molar-refractivity contribution in [3.63, 3.8) is 0 Å². The largest absolute Gasteiger partial charge is 0.481 e. The molecular weight excluding hydrogens is 348 g/mol. The number of hydrogen-bond donors (Lipinski definition) is 1. The van der Waals surface area contributed by atoms with Crippen LogP contribution in [0.1, 0.15) is 25.8 Å². The number of halogens is 1. The molecule has 1 aromatic rings. The first kappa shape index (κ1) is 17.0. The quantitative estimate of drug-likeness (QED) is 0.866. The van der Waals surface area contributed by atoms with Gasteiger partial charge in [-0.3, -0.25) is 14.5 Å². The van der Waals surface area contributed by atoms with Crippen molar-refractivity contribution in [2.45, 2.75) is 38.9 Å². The molecule has 1 N–H and O–H groups in total. The summed E-state index contributed by atoms with van der Waals surface area (Å²) in [7, 11) is 0. The van der Waals surface area contributed by atoms with Crippen molar-refractivity contribution in [3.05, 3.63) is 34.3 Å². The van der Waals surface area contributed by atoms with Gasteiger partial charge in [0.15, 0.2) is 0 Å². The van der Waals surface area contributed by atoms with E-state index in [-0.39, 0.29) is 18.4 Å².